The summed E-state index contributed by atoms with van der Waals surface area (Å²) in [5, 5.41) is 7.43. The lowest BCUT2D eigenvalue weighted by atomic mass is 9.74. The molecule has 0 aromatic heterocycles. The average molecular weight is 1380 g/mol. The Hall–Kier alpha value is -7.45. The van der Waals surface area contributed by atoms with Gasteiger partial charge in [0.15, 0.2) is 0 Å². The zero-order valence-electron chi connectivity index (χ0n) is 57.6. The van der Waals surface area contributed by atoms with Crippen LogP contribution in [-0.4, -0.2) is 233 Å². The molecule has 3 N–H and O–H groups in total. The minimum Gasteiger partial charge on any atom is -0.343 e. The largest absolute Gasteiger partial charge is 0.417 e. The van der Waals surface area contributed by atoms with Gasteiger partial charge in [0.2, 0.25) is 65.0 Å². The summed E-state index contributed by atoms with van der Waals surface area (Å²) in [5.74, 6) is -13.3. The third-order valence-corrected chi connectivity index (χ3v) is 20.0. The van der Waals surface area contributed by atoms with E-state index in [-0.39, 0.29) is 55.9 Å². The fourth-order valence-corrected chi connectivity index (χ4v) is 13.4. The summed E-state index contributed by atoms with van der Waals surface area (Å²) in [6, 6.07) is 0.507. The van der Waals surface area contributed by atoms with Crippen LogP contribution >= 0.6 is 11.6 Å². The molecule has 2 aliphatic carbocycles. The predicted octanol–water partition coefficient (Wildman–Crippen LogP) is 5.87. The summed E-state index contributed by atoms with van der Waals surface area (Å²) in [5.41, 5.74) is -1.28. The van der Waals surface area contributed by atoms with E-state index in [4.69, 9.17) is 11.6 Å². The molecule has 11 amide bonds. The SMILES string of the molecule is CC[C@H](C)[C@@H]1NC(=O)[C@H](CC(C)C)N(C)C(=O)C[C@@H](C)N(C)C(=O)[C@H](C2CCCCC2)N(C)C(=O)C2(CCC2)NC(=O)[C@@H]2CC(F)(F)CN2C(=O)[C@H](CCc2ccc(C(F)(F)F)c(Cl)c2)NC(=O)CN(C)C(=O)[C@H](Cc2ccc(C)cc2)N(C)C(=O)CN(C)C(=O)CN(C)C1=O. The molecule has 2 saturated heterocycles. The van der Waals surface area contributed by atoms with Crippen LogP contribution in [0.2, 0.25) is 5.02 Å². The first-order valence-corrected chi connectivity index (χ1v) is 33.5. The number of carbonyl (C=O) groups is 11. The molecule has 2 heterocycles. The molecule has 28 heteroatoms. The molecular formula is C68H97ClF5N11O11. The van der Waals surface area contributed by atoms with Crippen LogP contribution in [0, 0.1) is 24.7 Å². The second-order valence-electron chi connectivity index (χ2n) is 27.6. The van der Waals surface area contributed by atoms with Crippen LogP contribution in [0.3, 0.4) is 0 Å². The summed E-state index contributed by atoms with van der Waals surface area (Å²) in [7, 11) is 9.64. The number of nitrogens with one attached hydrogen (secondary N) is 3. The molecule has 22 nitrogen and oxygen atoms in total. The third kappa shape index (κ3) is 19.2. The Balaban J connectivity index is 1.41. The van der Waals surface area contributed by atoms with Gasteiger partial charge in [0.05, 0.1) is 36.8 Å². The van der Waals surface area contributed by atoms with Gasteiger partial charge in [-0.05, 0) is 106 Å². The highest BCUT2D eigenvalue weighted by atomic mass is 35.5. The van der Waals surface area contributed by atoms with Gasteiger partial charge in [-0.3, -0.25) is 52.7 Å². The minimum absolute atomic E-state index is 0.0267. The fraction of sp³-hybridized carbons (Fsp3) is 0.662. The Morgan fingerprint density at radius 2 is 1.25 bits per heavy atom. The number of nitrogens with zero attached hydrogens (tertiary/aromatic N) is 8. The van der Waals surface area contributed by atoms with Gasteiger partial charge < -0.3 is 55.1 Å². The summed E-state index contributed by atoms with van der Waals surface area (Å²) >= 11 is 6.07. The highest BCUT2D eigenvalue weighted by molar-refractivity contribution is 6.31. The summed E-state index contributed by atoms with van der Waals surface area (Å²) in [6.07, 6.45) is -2.72. The van der Waals surface area contributed by atoms with Gasteiger partial charge >= 0.3 is 6.18 Å². The summed E-state index contributed by atoms with van der Waals surface area (Å²) in [6.45, 7) is 7.47. The first-order chi connectivity index (χ1) is 44.8. The second kappa shape index (κ2) is 32.7. The zero-order valence-corrected chi connectivity index (χ0v) is 58.3. The van der Waals surface area contributed by atoms with Crippen LogP contribution in [0.5, 0.6) is 0 Å². The van der Waals surface area contributed by atoms with Crippen molar-refractivity contribution in [2.24, 2.45) is 17.8 Å². The van der Waals surface area contributed by atoms with Crippen molar-refractivity contribution in [1.82, 2.24) is 55.1 Å². The molecule has 8 atom stereocenters. The number of hydrogen-bond donors (Lipinski definition) is 3. The van der Waals surface area contributed by atoms with Gasteiger partial charge in [-0.2, -0.15) is 13.2 Å². The van der Waals surface area contributed by atoms with Crippen molar-refractivity contribution in [3.8, 4) is 0 Å². The molecule has 2 saturated carbocycles. The lowest BCUT2D eigenvalue weighted by molar-refractivity contribution is -0.156. The van der Waals surface area contributed by atoms with Crippen molar-refractivity contribution in [3.05, 3.63) is 69.7 Å². The van der Waals surface area contributed by atoms with Gasteiger partial charge in [0, 0.05) is 74.6 Å². The Morgan fingerprint density at radius 1 is 0.656 bits per heavy atom. The standard InChI is InChI=1S/C68H97ClF5N11O11/c1-14-42(5)57-63(94)80(9)37-55(88)78(7)38-56(89)83(12)51(34-45-23-21-41(4)22-24-45)62(93)79(8)36-53(86)75-49(28-26-44-25-27-47(48(69)33-44)68(72,73)74)61(92)85-39-67(70,71)35-52(85)60(91)77-66(29-18-30-66)65(96)84(13)58(46-19-16-15-17-20-46)64(95)81(10)43(6)32-54(87)82(11)50(31-40(2)3)59(90)76-57/h21-25,27,33,40,42-43,46,49-52,57-58H,14-20,26,28-32,34-39H2,1-13H3,(H,75,86)(H,76,90)(H,77,91)/t42-,43+,49-,50-,51-,52-,57-,58-/m0/s1. The fourth-order valence-electron chi connectivity index (χ4n) is 13.1. The van der Waals surface area contributed by atoms with Crippen LogP contribution < -0.4 is 16.0 Å². The van der Waals surface area contributed by atoms with Crippen molar-refractivity contribution in [1.29, 1.82) is 0 Å². The number of halogens is 6. The monoisotopic (exact) mass is 1370 g/mol. The normalized spacial score (nSPS) is 25.9. The Bertz CT molecular complexity index is 3180. The van der Waals surface area contributed by atoms with Crippen LogP contribution in [0.4, 0.5) is 22.0 Å². The molecule has 0 radical (unpaired) electrons. The second-order valence-corrected chi connectivity index (χ2v) is 28.0. The molecule has 2 aliphatic heterocycles. The van der Waals surface area contributed by atoms with Crippen LogP contribution in [0.15, 0.2) is 42.5 Å². The predicted molar refractivity (Wildman–Crippen MR) is 348 cm³/mol. The van der Waals surface area contributed by atoms with Gasteiger partial charge in [-0.1, -0.05) is 101 Å². The maximum atomic E-state index is 16.0. The van der Waals surface area contributed by atoms with Gasteiger partial charge in [-0.25, -0.2) is 8.78 Å². The van der Waals surface area contributed by atoms with E-state index in [1.807, 2.05) is 27.7 Å². The topological polar surface area (TPSA) is 250 Å². The molecule has 532 valence electrons. The van der Waals surface area contributed by atoms with Crippen LogP contribution in [-0.2, 0) is 71.8 Å². The molecule has 2 aromatic rings. The highest BCUT2D eigenvalue weighted by Crippen LogP contribution is 2.40. The molecule has 0 bridgehead atoms. The molecule has 4 fully saturated rings. The smallest absolute Gasteiger partial charge is 0.343 e. The molecule has 96 heavy (non-hydrogen) atoms. The molecule has 1 spiro atoms. The average Bonchev–Trinajstić information content (AvgIpc) is 1.05. The molecule has 2 aromatic carbocycles. The quantitative estimate of drug-likeness (QED) is 0.238. The van der Waals surface area contributed by atoms with E-state index < -0.39 is 180 Å². The first-order valence-electron chi connectivity index (χ1n) is 33.1. The van der Waals surface area contributed by atoms with Crippen LogP contribution in [0.25, 0.3) is 0 Å². The van der Waals surface area contributed by atoms with Crippen molar-refractivity contribution in [2.45, 2.75) is 198 Å². The number of likely N-dealkylation sites (N-methyl/N-ethyl adjacent to an activating group) is 7. The Labute approximate surface area is 565 Å². The summed E-state index contributed by atoms with van der Waals surface area (Å²) in [4.78, 5) is 170. The minimum atomic E-state index is -4.83. The maximum absolute atomic E-state index is 16.0. The lowest BCUT2D eigenvalue weighted by Gasteiger charge is -2.47. The van der Waals surface area contributed by atoms with E-state index in [1.165, 1.54) is 64.0 Å². The number of benzene rings is 2. The molecular weight excluding hydrogens is 1280 g/mol. The third-order valence-electron chi connectivity index (χ3n) is 19.7. The molecule has 6 rings (SSSR count). The number of rotatable bonds is 10. The summed E-state index contributed by atoms with van der Waals surface area (Å²) < 4.78 is 73.4. The van der Waals surface area contributed by atoms with E-state index in [0.29, 0.717) is 36.1 Å². The number of hydrogen-bond acceptors (Lipinski definition) is 11. The van der Waals surface area contributed by atoms with E-state index in [2.05, 4.69) is 16.0 Å². The van der Waals surface area contributed by atoms with Gasteiger partial charge in [0.25, 0.3) is 5.92 Å². The number of aryl methyl sites for hydroxylation is 2. The van der Waals surface area contributed by atoms with Crippen LogP contribution in [0.1, 0.15) is 140 Å². The molecule has 4 aliphatic rings. The van der Waals surface area contributed by atoms with Gasteiger partial charge in [-0.15, -0.1) is 0 Å². The highest BCUT2D eigenvalue weighted by Gasteiger charge is 2.56. The zero-order chi connectivity index (χ0) is 71.6. The Morgan fingerprint density at radius 3 is 1.82 bits per heavy atom. The van der Waals surface area contributed by atoms with Crippen molar-refractivity contribution < 1.29 is 74.7 Å². The Kier molecular flexibility index (Phi) is 26.4. The van der Waals surface area contributed by atoms with Crippen molar-refractivity contribution in [3.63, 3.8) is 0 Å². The molecule has 0 unspecified atom stereocenters. The first kappa shape index (κ1) is 77.6. The van der Waals surface area contributed by atoms with Crippen molar-refractivity contribution in [2.75, 3.05) is 75.5 Å². The van der Waals surface area contributed by atoms with E-state index >= 15 is 23.2 Å². The number of alkyl halides is 5. The number of carbonyl (C=O) groups excluding carboxylic acids is 11. The maximum Gasteiger partial charge on any atom is 0.417 e. The van der Waals surface area contributed by atoms with Gasteiger partial charge in [0.1, 0.15) is 41.8 Å². The van der Waals surface area contributed by atoms with Crippen molar-refractivity contribution >= 4 is 76.6 Å². The number of amides is 11. The number of fused-ring (bicyclic) bond motifs is 1. The van der Waals surface area contributed by atoms with E-state index in [0.717, 1.165) is 62.6 Å². The lowest BCUT2D eigenvalue weighted by Crippen LogP contribution is -2.68. The van der Waals surface area contributed by atoms with E-state index in [1.54, 1.807) is 38.1 Å². The van der Waals surface area contributed by atoms with E-state index in [9.17, 15) is 51.5 Å².